The van der Waals surface area contributed by atoms with Crippen molar-refractivity contribution in [2.75, 3.05) is 0 Å². The number of halogens is 3. The Morgan fingerprint density at radius 1 is 1.07 bits per heavy atom. The molecule has 0 saturated carbocycles. The SMILES string of the molecule is CC(C)c1nc2c(c(C3=CCCC3)c1[C@H](O)c1ccc(C(F)(F)F)cc1)[C@@H](O[Si](C)(C)C(C)(C)C)CC(C)(C)C2. The van der Waals surface area contributed by atoms with Crippen LogP contribution >= 0.6 is 0 Å². The van der Waals surface area contributed by atoms with E-state index >= 15 is 0 Å². The van der Waals surface area contributed by atoms with Crippen molar-refractivity contribution in [2.45, 2.75) is 123 Å². The largest absolute Gasteiger partial charge is 0.416 e. The molecule has 4 rings (SSSR count). The molecule has 0 fully saturated rings. The molecule has 0 amide bonds. The molecular formula is C33H46F3NO2Si. The maximum atomic E-state index is 13.3. The average Bonchev–Trinajstić information content (AvgIpc) is 3.35. The van der Waals surface area contributed by atoms with Gasteiger partial charge in [0.25, 0.3) is 0 Å². The van der Waals surface area contributed by atoms with E-state index in [9.17, 15) is 18.3 Å². The zero-order valence-electron chi connectivity index (χ0n) is 25.6. The summed E-state index contributed by atoms with van der Waals surface area (Å²) in [5, 5.41) is 12.0. The van der Waals surface area contributed by atoms with Gasteiger partial charge in [-0.25, -0.2) is 0 Å². The quantitative estimate of drug-likeness (QED) is 0.350. The summed E-state index contributed by atoms with van der Waals surface area (Å²) in [6.07, 6.45) is 1.16. The lowest BCUT2D eigenvalue weighted by Crippen LogP contribution is -2.44. The Hall–Kier alpha value is -1.96. The van der Waals surface area contributed by atoms with Crippen molar-refractivity contribution in [2.24, 2.45) is 5.41 Å². The van der Waals surface area contributed by atoms with Crippen LogP contribution in [-0.4, -0.2) is 18.4 Å². The summed E-state index contributed by atoms with van der Waals surface area (Å²) in [4.78, 5) is 5.25. The zero-order chi connectivity index (χ0) is 29.8. The summed E-state index contributed by atoms with van der Waals surface area (Å²) in [5.74, 6) is 0.0231. The fraction of sp³-hybridized carbons (Fsp3) is 0.606. The minimum atomic E-state index is -4.43. The minimum absolute atomic E-state index is 0.00380. The Balaban J connectivity index is 1.99. The number of aromatic nitrogens is 1. The van der Waals surface area contributed by atoms with Gasteiger partial charge >= 0.3 is 6.18 Å². The molecule has 0 spiro atoms. The molecule has 1 aromatic carbocycles. The van der Waals surface area contributed by atoms with Crippen LogP contribution < -0.4 is 0 Å². The number of hydrogen-bond donors (Lipinski definition) is 1. The second-order valence-corrected chi connectivity index (χ2v) is 19.1. The maximum Gasteiger partial charge on any atom is 0.416 e. The summed E-state index contributed by atoms with van der Waals surface area (Å²) >= 11 is 0. The highest BCUT2D eigenvalue weighted by Gasteiger charge is 2.45. The van der Waals surface area contributed by atoms with Crippen molar-refractivity contribution in [3.05, 3.63) is 69.5 Å². The third kappa shape index (κ3) is 6.12. The van der Waals surface area contributed by atoms with Gasteiger partial charge in [-0.2, -0.15) is 13.2 Å². The standard InChI is InChI=1S/C33H46F3NO2Si/c1-20(2)29-28(30(38)22-14-16-23(17-15-22)33(34,35)36)26(21-12-10-11-13-21)27-24(37-29)18-32(6,7)19-25(27)39-40(8,9)31(3,4)5/h12,14-17,20,25,30,38H,10-11,13,18-19H2,1-9H3/t25-,30+/m0/s1. The molecule has 2 atom stereocenters. The fourth-order valence-corrected chi connectivity index (χ4v) is 7.18. The van der Waals surface area contributed by atoms with Crippen LogP contribution in [-0.2, 0) is 17.0 Å². The number of fused-ring (bicyclic) bond motifs is 1. The number of pyridine rings is 1. The van der Waals surface area contributed by atoms with Crippen molar-refractivity contribution >= 4 is 13.9 Å². The first kappa shape index (κ1) is 31.0. The first-order valence-electron chi connectivity index (χ1n) is 14.6. The molecule has 7 heteroatoms. The van der Waals surface area contributed by atoms with E-state index in [4.69, 9.17) is 9.41 Å². The minimum Gasteiger partial charge on any atom is -0.410 e. The highest BCUT2D eigenvalue weighted by Crippen LogP contribution is 2.52. The van der Waals surface area contributed by atoms with E-state index in [2.05, 4.69) is 67.6 Å². The Morgan fingerprint density at radius 2 is 1.70 bits per heavy atom. The van der Waals surface area contributed by atoms with E-state index < -0.39 is 26.2 Å². The third-order valence-electron chi connectivity index (χ3n) is 9.07. The molecule has 0 unspecified atom stereocenters. The number of hydrogen-bond acceptors (Lipinski definition) is 3. The lowest BCUT2D eigenvalue weighted by Gasteiger charge is -2.45. The normalized spacial score (nSPS) is 20.4. The summed E-state index contributed by atoms with van der Waals surface area (Å²) in [6.45, 7) is 20.0. The lowest BCUT2D eigenvalue weighted by atomic mass is 9.71. The molecule has 2 aliphatic rings. The molecule has 2 aromatic rings. The summed E-state index contributed by atoms with van der Waals surface area (Å²) in [7, 11) is -2.17. The van der Waals surface area contributed by atoms with Crippen LogP contribution in [0, 0.1) is 5.41 Å². The van der Waals surface area contributed by atoms with Crippen LogP contribution in [0.1, 0.15) is 131 Å². The molecule has 3 nitrogen and oxygen atoms in total. The number of nitrogens with zero attached hydrogens (tertiary/aromatic N) is 1. The van der Waals surface area contributed by atoms with Gasteiger partial charge in [0, 0.05) is 22.5 Å². The van der Waals surface area contributed by atoms with Gasteiger partial charge in [0.05, 0.1) is 11.7 Å². The van der Waals surface area contributed by atoms with Crippen LogP contribution in [0.2, 0.25) is 18.1 Å². The number of allylic oxidation sites excluding steroid dienone is 2. The molecule has 0 bridgehead atoms. The first-order chi connectivity index (χ1) is 18.3. The predicted molar refractivity (Wildman–Crippen MR) is 159 cm³/mol. The molecular weight excluding hydrogens is 527 g/mol. The highest BCUT2D eigenvalue weighted by atomic mass is 28.4. The molecule has 40 heavy (non-hydrogen) atoms. The topological polar surface area (TPSA) is 42.4 Å². The van der Waals surface area contributed by atoms with Gasteiger partial charge in [-0.1, -0.05) is 66.7 Å². The lowest BCUT2D eigenvalue weighted by molar-refractivity contribution is -0.137. The van der Waals surface area contributed by atoms with E-state index in [1.54, 1.807) is 0 Å². The van der Waals surface area contributed by atoms with Gasteiger partial charge in [0.1, 0.15) is 6.10 Å². The summed E-state index contributed by atoms with van der Waals surface area (Å²) in [5.41, 5.74) is 5.61. The molecule has 2 aliphatic carbocycles. The van der Waals surface area contributed by atoms with E-state index in [0.717, 1.165) is 72.3 Å². The van der Waals surface area contributed by atoms with Crippen LogP contribution in [0.4, 0.5) is 13.2 Å². The molecule has 0 radical (unpaired) electrons. The van der Waals surface area contributed by atoms with Crippen molar-refractivity contribution in [1.82, 2.24) is 4.98 Å². The second kappa shape index (κ2) is 10.7. The molecule has 220 valence electrons. The van der Waals surface area contributed by atoms with Crippen LogP contribution in [0.25, 0.3) is 5.57 Å². The van der Waals surface area contributed by atoms with Crippen LogP contribution in [0.15, 0.2) is 30.3 Å². The van der Waals surface area contributed by atoms with Gasteiger partial charge in [-0.05, 0) is 90.4 Å². The van der Waals surface area contributed by atoms with Crippen molar-refractivity contribution in [3.63, 3.8) is 0 Å². The van der Waals surface area contributed by atoms with Gasteiger partial charge in [-0.3, -0.25) is 4.98 Å². The van der Waals surface area contributed by atoms with Crippen LogP contribution in [0.3, 0.4) is 0 Å². The summed E-state index contributed by atoms with van der Waals surface area (Å²) < 4.78 is 47.1. The first-order valence-corrected chi connectivity index (χ1v) is 17.5. The van der Waals surface area contributed by atoms with E-state index in [0.29, 0.717) is 5.56 Å². The number of benzene rings is 1. The van der Waals surface area contributed by atoms with Crippen LogP contribution in [0.5, 0.6) is 0 Å². The Bertz CT molecular complexity index is 1270. The maximum absolute atomic E-state index is 13.3. The fourth-order valence-electron chi connectivity index (χ4n) is 5.91. The second-order valence-electron chi connectivity index (χ2n) is 14.4. The zero-order valence-corrected chi connectivity index (χ0v) is 26.6. The molecule has 0 saturated heterocycles. The Labute approximate surface area is 239 Å². The molecule has 1 N–H and O–H groups in total. The molecule has 1 heterocycles. The Kier molecular flexibility index (Phi) is 8.29. The van der Waals surface area contributed by atoms with E-state index in [1.165, 1.54) is 17.7 Å². The molecule has 1 aromatic heterocycles. The van der Waals surface area contributed by atoms with Crippen molar-refractivity contribution in [1.29, 1.82) is 0 Å². The average molecular weight is 574 g/mol. The summed E-state index contributed by atoms with van der Waals surface area (Å²) in [6, 6.07) is 4.91. The predicted octanol–water partition coefficient (Wildman–Crippen LogP) is 9.91. The Morgan fingerprint density at radius 3 is 2.20 bits per heavy atom. The number of rotatable bonds is 6. The van der Waals surface area contributed by atoms with Gasteiger partial charge in [0.15, 0.2) is 8.32 Å². The van der Waals surface area contributed by atoms with Gasteiger partial charge in [-0.15, -0.1) is 0 Å². The molecule has 0 aliphatic heterocycles. The smallest absolute Gasteiger partial charge is 0.410 e. The van der Waals surface area contributed by atoms with Crippen molar-refractivity contribution in [3.8, 4) is 0 Å². The number of aliphatic hydroxyl groups excluding tert-OH is 1. The number of aliphatic hydroxyl groups is 1. The van der Waals surface area contributed by atoms with E-state index in [1.807, 2.05) is 0 Å². The highest BCUT2D eigenvalue weighted by molar-refractivity contribution is 6.74. The van der Waals surface area contributed by atoms with Gasteiger partial charge < -0.3 is 9.53 Å². The van der Waals surface area contributed by atoms with E-state index in [-0.39, 0.29) is 22.5 Å². The van der Waals surface area contributed by atoms with Gasteiger partial charge in [0.2, 0.25) is 0 Å². The third-order valence-corrected chi connectivity index (χ3v) is 13.6. The monoisotopic (exact) mass is 573 g/mol. The number of alkyl halides is 3. The van der Waals surface area contributed by atoms with Crippen molar-refractivity contribution < 1.29 is 22.7 Å².